The summed E-state index contributed by atoms with van der Waals surface area (Å²) in [6, 6.07) is 7.21. The van der Waals surface area contributed by atoms with Crippen molar-refractivity contribution in [2.24, 2.45) is 7.05 Å². The van der Waals surface area contributed by atoms with Gasteiger partial charge in [-0.2, -0.15) is 0 Å². The number of ether oxygens (including phenoxy) is 2. The number of carboxylic acids is 1. The van der Waals surface area contributed by atoms with E-state index in [-0.39, 0.29) is 18.0 Å². The van der Waals surface area contributed by atoms with Gasteiger partial charge in [-0.05, 0) is 40.3 Å². The number of fused-ring (bicyclic) bond motifs is 1. The molecular weight excluding hydrogens is 550 g/mol. The summed E-state index contributed by atoms with van der Waals surface area (Å²) in [6.07, 6.45) is 1.60. The third-order valence-electron chi connectivity index (χ3n) is 6.15. The van der Waals surface area contributed by atoms with E-state index in [0.717, 1.165) is 10.5 Å². The Morgan fingerprint density at radius 1 is 1.23 bits per heavy atom. The lowest BCUT2D eigenvalue weighted by atomic mass is 9.98. The molecule has 0 unspecified atom stereocenters. The second kappa shape index (κ2) is 10.7. The Kier molecular flexibility index (Phi) is 7.28. The van der Waals surface area contributed by atoms with Gasteiger partial charge < -0.3 is 19.9 Å². The van der Waals surface area contributed by atoms with Crippen LogP contribution in [0.5, 0.6) is 5.75 Å². The molecule has 0 spiro atoms. The van der Waals surface area contributed by atoms with Crippen LogP contribution in [0.15, 0.2) is 46.9 Å². The summed E-state index contributed by atoms with van der Waals surface area (Å²) >= 11 is 2.56. The fraction of sp³-hybridized carbons (Fsp3) is 0.364. The standard InChI is InChI=1S/C22H23N9O6S2/c1-29-21(25-26-28-29)39-11-13-10-38-20-22(37-3,19(35)31(20)17(13)18(33)34)23-16(32)9-30-8-15(24-27-30)12-4-6-14(36-2)7-5-12/h4-8,20H,9-11H2,1-3H3,(H,23,32)(H,33,34)/t20-,22+/m1/s1. The van der Waals surface area contributed by atoms with E-state index >= 15 is 0 Å². The quantitative estimate of drug-likeness (QED) is 0.188. The van der Waals surface area contributed by atoms with Gasteiger partial charge in [-0.25, -0.2) is 14.2 Å². The Hall–Kier alpha value is -3.96. The molecular formula is C22H23N9O6S2. The molecule has 17 heteroatoms. The molecule has 2 atom stereocenters. The number of rotatable bonds is 10. The van der Waals surface area contributed by atoms with Crippen LogP contribution >= 0.6 is 23.5 Å². The minimum atomic E-state index is -1.71. The molecule has 204 valence electrons. The molecule has 1 aromatic carbocycles. The number of carbonyl (C=O) groups excluding carboxylic acids is 2. The molecule has 0 bridgehead atoms. The van der Waals surface area contributed by atoms with Crippen molar-refractivity contribution in [3.8, 4) is 17.0 Å². The first kappa shape index (κ1) is 26.6. The number of benzene rings is 1. The molecule has 39 heavy (non-hydrogen) atoms. The number of aryl methyl sites for hydroxylation is 1. The molecule has 2 amide bonds. The number of hydrogen-bond acceptors (Lipinski definition) is 12. The lowest BCUT2D eigenvalue weighted by Crippen LogP contribution is -2.80. The Balaban J connectivity index is 1.28. The minimum Gasteiger partial charge on any atom is -0.497 e. The molecule has 2 aliphatic rings. The van der Waals surface area contributed by atoms with Gasteiger partial charge in [-0.15, -0.1) is 22.0 Å². The SMILES string of the molecule is COc1ccc(-c2cn(CC(=O)N[C@]3(OC)C(=O)N4C(C(=O)O)=C(CSc5nnnn5C)CS[C@@H]43)nn2)cc1. The van der Waals surface area contributed by atoms with E-state index in [9.17, 15) is 19.5 Å². The predicted molar refractivity (Wildman–Crippen MR) is 137 cm³/mol. The first-order valence-electron chi connectivity index (χ1n) is 11.4. The summed E-state index contributed by atoms with van der Waals surface area (Å²) in [7, 11) is 4.54. The average Bonchev–Trinajstić information content (AvgIpc) is 3.58. The smallest absolute Gasteiger partial charge is 0.352 e. The maximum Gasteiger partial charge on any atom is 0.352 e. The number of amides is 2. The lowest BCUT2D eigenvalue weighted by molar-refractivity contribution is -0.192. The maximum absolute atomic E-state index is 13.3. The topological polar surface area (TPSA) is 179 Å². The molecule has 0 aliphatic carbocycles. The monoisotopic (exact) mass is 573 g/mol. The van der Waals surface area contributed by atoms with Crippen LogP contribution in [-0.4, -0.2) is 99.8 Å². The normalized spacial score (nSPS) is 20.4. The van der Waals surface area contributed by atoms with Gasteiger partial charge in [0.1, 0.15) is 29.1 Å². The van der Waals surface area contributed by atoms with E-state index in [0.29, 0.717) is 27.9 Å². The van der Waals surface area contributed by atoms with Crippen LogP contribution in [0.2, 0.25) is 0 Å². The van der Waals surface area contributed by atoms with Crippen LogP contribution in [0.25, 0.3) is 11.3 Å². The highest BCUT2D eigenvalue weighted by Gasteiger charge is 2.66. The van der Waals surface area contributed by atoms with Gasteiger partial charge in [0.2, 0.25) is 11.1 Å². The third-order valence-corrected chi connectivity index (χ3v) is 8.62. The van der Waals surface area contributed by atoms with Gasteiger partial charge >= 0.3 is 5.97 Å². The second-order valence-electron chi connectivity index (χ2n) is 8.49. The molecule has 15 nitrogen and oxygen atoms in total. The zero-order chi connectivity index (χ0) is 27.7. The summed E-state index contributed by atoms with van der Waals surface area (Å²) in [4.78, 5) is 39.6. The van der Waals surface area contributed by atoms with Gasteiger partial charge in [0, 0.05) is 31.2 Å². The molecule has 5 rings (SSSR count). The highest BCUT2D eigenvalue weighted by molar-refractivity contribution is 8.01. The molecule has 2 N–H and O–H groups in total. The molecule has 0 saturated carbocycles. The van der Waals surface area contributed by atoms with Gasteiger partial charge in [0.15, 0.2) is 0 Å². The Bertz CT molecular complexity index is 1460. The summed E-state index contributed by atoms with van der Waals surface area (Å²) in [5.74, 6) is -1.19. The fourth-order valence-electron chi connectivity index (χ4n) is 4.21. The van der Waals surface area contributed by atoms with Crippen molar-refractivity contribution in [3.63, 3.8) is 0 Å². The van der Waals surface area contributed by atoms with E-state index in [2.05, 4.69) is 31.2 Å². The number of carboxylic acid groups (broad SMARTS) is 1. The molecule has 3 aromatic rings. The van der Waals surface area contributed by atoms with E-state index < -0.39 is 28.9 Å². The number of aromatic nitrogens is 7. The number of methoxy groups -OCH3 is 2. The fourth-order valence-corrected chi connectivity index (χ4v) is 6.64. The van der Waals surface area contributed by atoms with E-state index in [1.807, 2.05) is 12.1 Å². The first-order valence-corrected chi connectivity index (χ1v) is 13.5. The number of nitrogens with zero attached hydrogens (tertiary/aromatic N) is 8. The Morgan fingerprint density at radius 3 is 2.64 bits per heavy atom. The predicted octanol–water partition coefficient (Wildman–Crippen LogP) is -0.0178. The lowest BCUT2D eigenvalue weighted by Gasteiger charge is -2.55. The van der Waals surface area contributed by atoms with Crippen molar-refractivity contribution < 1.29 is 29.0 Å². The van der Waals surface area contributed by atoms with Crippen LogP contribution in [0.1, 0.15) is 0 Å². The molecule has 1 fully saturated rings. The highest BCUT2D eigenvalue weighted by Crippen LogP contribution is 2.47. The summed E-state index contributed by atoms with van der Waals surface area (Å²) in [6.45, 7) is -0.228. The number of nitrogens with one attached hydrogen (secondary N) is 1. The van der Waals surface area contributed by atoms with E-state index in [4.69, 9.17) is 9.47 Å². The van der Waals surface area contributed by atoms with Crippen LogP contribution in [0, 0.1) is 0 Å². The summed E-state index contributed by atoms with van der Waals surface area (Å²) < 4.78 is 13.5. The van der Waals surface area contributed by atoms with E-state index in [1.54, 1.807) is 32.5 Å². The maximum atomic E-state index is 13.3. The van der Waals surface area contributed by atoms with Crippen molar-refractivity contribution in [2.45, 2.75) is 22.8 Å². The van der Waals surface area contributed by atoms with Gasteiger partial charge in [-0.1, -0.05) is 17.0 Å². The molecule has 4 heterocycles. The number of β-lactam (4-membered cyclic amide) rings is 1. The zero-order valence-electron chi connectivity index (χ0n) is 21.0. The first-order chi connectivity index (χ1) is 18.8. The molecule has 1 saturated heterocycles. The average molecular weight is 574 g/mol. The van der Waals surface area contributed by atoms with Crippen molar-refractivity contribution in [1.82, 2.24) is 45.4 Å². The minimum absolute atomic E-state index is 0.131. The number of hydrogen-bond donors (Lipinski definition) is 2. The number of thioether (sulfide) groups is 2. The third kappa shape index (κ3) is 4.83. The van der Waals surface area contributed by atoms with Crippen molar-refractivity contribution in [3.05, 3.63) is 41.7 Å². The van der Waals surface area contributed by atoms with Gasteiger partial charge in [-0.3, -0.25) is 14.5 Å². The number of aliphatic carboxylic acids is 1. The van der Waals surface area contributed by atoms with Crippen LogP contribution in [-0.2, 0) is 32.7 Å². The number of carbonyl (C=O) groups is 3. The van der Waals surface area contributed by atoms with Gasteiger partial charge in [0.25, 0.3) is 11.6 Å². The highest BCUT2D eigenvalue weighted by atomic mass is 32.2. The second-order valence-corrected chi connectivity index (χ2v) is 10.5. The Morgan fingerprint density at radius 2 is 2.00 bits per heavy atom. The van der Waals surface area contributed by atoms with E-state index in [1.165, 1.54) is 40.0 Å². The van der Waals surface area contributed by atoms with Crippen LogP contribution < -0.4 is 10.1 Å². The summed E-state index contributed by atoms with van der Waals surface area (Å²) in [5.41, 5.74) is 0.0353. The molecule has 2 aromatic heterocycles. The molecule has 2 aliphatic heterocycles. The van der Waals surface area contributed by atoms with Crippen molar-refractivity contribution in [2.75, 3.05) is 25.7 Å². The van der Waals surface area contributed by atoms with Crippen LogP contribution in [0.3, 0.4) is 0 Å². The molecule has 0 radical (unpaired) electrons. The number of tetrazole rings is 1. The van der Waals surface area contributed by atoms with Gasteiger partial charge in [0.05, 0.1) is 13.3 Å². The zero-order valence-corrected chi connectivity index (χ0v) is 22.6. The largest absolute Gasteiger partial charge is 0.497 e. The van der Waals surface area contributed by atoms with Crippen molar-refractivity contribution in [1.29, 1.82) is 0 Å². The van der Waals surface area contributed by atoms with Crippen LogP contribution in [0.4, 0.5) is 0 Å². The van der Waals surface area contributed by atoms with Crippen molar-refractivity contribution >= 4 is 41.3 Å². The summed E-state index contributed by atoms with van der Waals surface area (Å²) in [5, 5.41) is 31.6. The Labute approximate surface area is 229 Å².